The van der Waals surface area contributed by atoms with Crippen LogP contribution in [0.4, 0.5) is 0 Å². The van der Waals surface area contributed by atoms with Gasteiger partial charge in [0.05, 0.1) is 6.61 Å². The van der Waals surface area contributed by atoms with Gasteiger partial charge in [0, 0.05) is 18.3 Å². The van der Waals surface area contributed by atoms with Crippen LogP contribution in [0.1, 0.15) is 44.6 Å². The predicted octanol–water partition coefficient (Wildman–Crippen LogP) is 3.37. The quantitative estimate of drug-likeness (QED) is 0.610. The first-order chi connectivity index (χ1) is 9.78. The molecular weight excluding hydrogens is 254 g/mol. The van der Waals surface area contributed by atoms with Crippen LogP contribution in [-0.2, 0) is 9.53 Å². The van der Waals surface area contributed by atoms with Gasteiger partial charge < -0.3 is 9.47 Å². The number of hydrogen-bond donors (Lipinski definition) is 0. The molecular formula is C16H21NO3. The van der Waals surface area contributed by atoms with Crippen LogP contribution in [0.25, 0.3) is 6.08 Å². The van der Waals surface area contributed by atoms with Crippen molar-refractivity contribution in [2.24, 2.45) is 0 Å². The zero-order valence-electron chi connectivity index (χ0n) is 11.9. The van der Waals surface area contributed by atoms with E-state index in [1.165, 1.54) is 25.3 Å². The maximum absolute atomic E-state index is 11.2. The molecule has 0 radical (unpaired) electrons. The van der Waals surface area contributed by atoms with Crippen LogP contribution >= 0.6 is 0 Å². The van der Waals surface area contributed by atoms with Crippen molar-refractivity contribution in [3.8, 4) is 5.88 Å². The van der Waals surface area contributed by atoms with Gasteiger partial charge in [0.15, 0.2) is 0 Å². The Morgan fingerprint density at radius 1 is 1.35 bits per heavy atom. The van der Waals surface area contributed by atoms with Crippen LogP contribution in [0, 0.1) is 0 Å². The molecule has 0 unspecified atom stereocenters. The lowest BCUT2D eigenvalue weighted by Crippen LogP contribution is -2.20. The lowest BCUT2D eigenvalue weighted by atomic mass is 9.98. The van der Waals surface area contributed by atoms with Crippen molar-refractivity contribution in [2.75, 3.05) is 6.61 Å². The first kappa shape index (κ1) is 14.6. The molecule has 4 heteroatoms. The lowest BCUT2D eigenvalue weighted by Gasteiger charge is -2.22. The second kappa shape index (κ2) is 7.68. The summed E-state index contributed by atoms with van der Waals surface area (Å²) >= 11 is 0. The molecule has 0 aliphatic heterocycles. The summed E-state index contributed by atoms with van der Waals surface area (Å²) in [5, 5.41) is 0. The van der Waals surface area contributed by atoms with Crippen molar-refractivity contribution in [3.05, 3.63) is 30.0 Å². The van der Waals surface area contributed by atoms with Crippen molar-refractivity contribution >= 4 is 12.0 Å². The molecule has 0 spiro atoms. The monoisotopic (exact) mass is 275 g/mol. The van der Waals surface area contributed by atoms with E-state index < -0.39 is 0 Å². The smallest absolute Gasteiger partial charge is 0.330 e. The molecule has 20 heavy (non-hydrogen) atoms. The molecule has 0 atom stereocenters. The van der Waals surface area contributed by atoms with E-state index in [9.17, 15) is 4.79 Å². The molecule has 2 rings (SSSR count). The van der Waals surface area contributed by atoms with Crippen molar-refractivity contribution in [1.29, 1.82) is 0 Å². The fourth-order valence-corrected chi connectivity index (χ4v) is 2.27. The van der Waals surface area contributed by atoms with Crippen molar-refractivity contribution < 1.29 is 14.3 Å². The summed E-state index contributed by atoms with van der Waals surface area (Å²) in [6.07, 6.45) is 11.1. The number of esters is 1. The highest BCUT2D eigenvalue weighted by Crippen LogP contribution is 2.22. The Morgan fingerprint density at radius 3 is 2.80 bits per heavy atom. The van der Waals surface area contributed by atoms with Gasteiger partial charge >= 0.3 is 5.97 Å². The number of carbonyl (C=O) groups excluding carboxylic acids is 1. The summed E-state index contributed by atoms with van der Waals surface area (Å²) in [7, 11) is 0. The SMILES string of the molecule is CCOC(=O)/C=C/c1ccc(OC2CCCCC2)nc1. The van der Waals surface area contributed by atoms with Gasteiger partial charge in [-0.3, -0.25) is 0 Å². The zero-order valence-corrected chi connectivity index (χ0v) is 11.9. The molecule has 0 saturated heterocycles. The molecule has 1 fully saturated rings. The maximum atomic E-state index is 11.2. The molecule has 108 valence electrons. The summed E-state index contributed by atoms with van der Waals surface area (Å²) in [6.45, 7) is 2.17. The summed E-state index contributed by atoms with van der Waals surface area (Å²) in [6, 6.07) is 3.74. The van der Waals surface area contributed by atoms with E-state index in [4.69, 9.17) is 9.47 Å². The van der Waals surface area contributed by atoms with E-state index in [-0.39, 0.29) is 5.97 Å². The van der Waals surface area contributed by atoms with E-state index in [2.05, 4.69) is 4.98 Å². The molecule has 1 saturated carbocycles. The molecule has 0 aromatic carbocycles. The summed E-state index contributed by atoms with van der Waals surface area (Å²) in [5.41, 5.74) is 0.856. The van der Waals surface area contributed by atoms with Gasteiger partial charge in [0.1, 0.15) is 6.10 Å². The minimum absolute atomic E-state index is 0.303. The fourth-order valence-electron chi connectivity index (χ4n) is 2.27. The molecule has 0 N–H and O–H groups in total. The zero-order chi connectivity index (χ0) is 14.2. The minimum Gasteiger partial charge on any atom is -0.474 e. The molecule has 1 aromatic rings. The highest BCUT2D eigenvalue weighted by molar-refractivity contribution is 5.86. The Morgan fingerprint density at radius 2 is 2.15 bits per heavy atom. The summed E-state index contributed by atoms with van der Waals surface area (Å²) in [5.74, 6) is 0.320. The average molecular weight is 275 g/mol. The predicted molar refractivity (Wildman–Crippen MR) is 77.4 cm³/mol. The number of aromatic nitrogens is 1. The van der Waals surface area contributed by atoms with E-state index in [1.807, 2.05) is 12.1 Å². The average Bonchev–Trinajstić information content (AvgIpc) is 2.48. The first-order valence-corrected chi connectivity index (χ1v) is 7.25. The highest BCUT2D eigenvalue weighted by Gasteiger charge is 2.14. The second-order valence-electron chi connectivity index (χ2n) is 4.89. The third-order valence-corrected chi connectivity index (χ3v) is 3.30. The summed E-state index contributed by atoms with van der Waals surface area (Å²) < 4.78 is 10.7. The van der Waals surface area contributed by atoms with Crippen LogP contribution in [0.5, 0.6) is 5.88 Å². The van der Waals surface area contributed by atoms with Gasteiger partial charge in [-0.25, -0.2) is 9.78 Å². The maximum Gasteiger partial charge on any atom is 0.330 e. The molecule has 1 aliphatic carbocycles. The van der Waals surface area contributed by atoms with Crippen molar-refractivity contribution in [1.82, 2.24) is 4.98 Å². The summed E-state index contributed by atoms with van der Waals surface area (Å²) in [4.78, 5) is 15.5. The van der Waals surface area contributed by atoms with Gasteiger partial charge in [-0.05, 0) is 50.3 Å². The molecule has 0 bridgehead atoms. The number of hydrogen-bond acceptors (Lipinski definition) is 4. The Balaban J connectivity index is 1.87. The van der Waals surface area contributed by atoms with Crippen molar-refractivity contribution in [3.63, 3.8) is 0 Å². The molecule has 4 nitrogen and oxygen atoms in total. The van der Waals surface area contributed by atoms with E-state index in [1.54, 1.807) is 19.2 Å². The van der Waals surface area contributed by atoms with Crippen LogP contribution in [0.2, 0.25) is 0 Å². The standard InChI is InChI=1S/C16H21NO3/c1-2-19-16(18)11-9-13-8-10-15(17-12-13)20-14-6-4-3-5-7-14/h8-12,14H,2-7H2,1H3/b11-9+. The molecule has 1 aromatic heterocycles. The Kier molecular flexibility index (Phi) is 5.59. The Labute approximate surface area is 119 Å². The molecule has 0 amide bonds. The Bertz CT molecular complexity index is 447. The van der Waals surface area contributed by atoms with E-state index in [0.717, 1.165) is 18.4 Å². The fraction of sp³-hybridized carbons (Fsp3) is 0.500. The number of nitrogens with zero attached hydrogens (tertiary/aromatic N) is 1. The van der Waals surface area contributed by atoms with E-state index in [0.29, 0.717) is 18.6 Å². The second-order valence-corrected chi connectivity index (χ2v) is 4.89. The van der Waals surface area contributed by atoms with Gasteiger partial charge in [0.25, 0.3) is 0 Å². The normalized spacial score (nSPS) is 16.2. The third kappa shape index (κ3) is 4.68. The number of pyridine rings is 1. The van der Waals surface area contributed by atoms with Gasteiger partial charge in [-0.15, -0.1) is 0 Å². The highest BCUT2D eigenvalue weighted by atomic mass is 16.5. The van der Waals surface area contributed by atoms with Crippen LogP contribution < -0.4 is 4.74 Å². The van der Waals surface area contributed by atoms with Crippen molar-refractivity contribution in [2.45, 2.75) is 45.1 Å². The number of rotatable bonds is 5. The third-order valence-electron chi connectivity index (χ3n) is 3.30. The molecule has 1 aliphatic rings. The largest absolute Gasteiger partial charge is 0.474 e. The molecule has 1 heterocycles. The van der Waals surface area contributed by atoms with E-state index >= 15 is 0 Å². The van der Waals surface area contributed by atoms with Crippen LogP contribution in [0.3, 0.4) is 0 Å². The first-order valence-electron chi connectivity index (χ1n) is 7.25. The van der Waals surface area contributed by atoms with Crippen LogP contribution in [-0.4, -0.2) is 23.7 Å². The van der Waals surface area contributed by atoms with Crippen LogP contribution in [0.15, 0.2) is 24.4 Å². The lowest BCUT2D eigenvalue weighted by molar-refractivity contribution is -0.137. The van der Waals surface area contributed by atoms with Gasteiger partial charge in [-0.1, -0.05) is 6.42 Å². The topological polar surface area (TPSA) is 48.4 Å². The van der Waals surface area contributed by atoms with Gasteiger partial charge in [-0.2, -0.15) is 0 Å². The number of carbonyl (C=O) groups is 1. The Hall–Kier alpha value is -1.84. The minimum atomic E-state index is -0.338. The van der Waals surface area contributed by atoms with Gasteiger partial charge in [0.2, 0.25) is 5.88 Å². The number of ether oxygens (including phenoxy) is 2.